The molecule has 0 radical (unpaired) electrons. The van der Waals surface area contributed by atoms with E-state index in [1.165, 1.54) is 11.0 Å². The van der Waals surface area contributed by atoms with Crippen LogP contribution in [0, 0.1) is 0 Å². The van der Waals surface area contributed by atoms with Crippen molar-refractivity contribution < 1.29 is 14.7 Å². The van der Waals surface area contributed by atoms with E-state index in [2.05, 4.69) is 6.58 Å². The van der Waals surface area contributed by atoms with Gasteiger partial charge in [-0.25, -0.2) is 0 Å². The lowest BCUT2D eigenvalue weighted by molar-refractivity contribution is -0.148. The van der Waals surface area contributed by atoms with Crippen molar-refractivity contribution in [1.82, 2.24) is 4.90 Å². The number of carboxylic acids is 1. The summed E-state index contributed by atoms with van der Waals surface area (Å²) in [5.74, 6) is -1.32. The molecular formula is C10H16N2O3. The Morgan fingerprint density at radius 1 is 1.53 bits per heavy atom. The predicted molar refractivity (Wildman–Crippen MR) is 55.2 cm³/mol. The van der Waals surface area contributed by atoms with Crippen molar-refractivity contribution in [2.45, 2.75) is 24.8 Å². The van der Waals surface area contributed by atoms with E-state index in [1.807, 2.05) is 0 Å². The van der Waals surface area contributed by atoms with Crippen LogP contribution in [0.5, 0.6) is 0 Å². The van der Waals surface area contributed by atoms with E-state index in [-0.39, 0.29) is 19.0 Å². The minimum atomic E-state index is -1.03. The first-order valence-corrected chi connectivity index (χ1v) is 4.90. The van der Waals surface area contributed by atoms with Gasteiger partial charge in [0.25, 0.3) is 0 Å². The van der Waals surface area contributed by atoms with E-state index in [9.17, 15) is 9.59 Å². The second-order valence-corrected chi connectivity index (χ2v) is 3.88. The fourth-order valence-corrected chi connectivity index (χ4v) is 1.62. The normalized spacial score (nSPS) is 17.7. The average Bonchev–Trinajstić information content (AvgIpc) is 2.11. The summed E-state index contributed by atoms with van der Waals surface area (Å²) in [5, 5.41) is 8.65. The van der Waals surface area contributed by atoms with E-state index in [1.54, 1.807) is 0 Å². The van der Waals surface area contributed by atoms with Crippen LogP contribution >= 0.6 is 0 Å². The zero-order valence-electron chi connectivity index (χ0n) is 8.61. The lowest BCUT2D eigenvalue weighted by Crippen LogP contribution is -2.60. The maximum atomic E-state index is 11.9. The highest BCUT2D eigenvalue weighted by Gasteiger charge is 2.42. The molecule has 0 atom stereocenters. The molecule has 84 valence electrons. The van der Waals surface area contributed by atoms with Gasteiger partial charge >= 0.3 is 5.97 Å². The first kappa shape index (κ1) is 11.7. The molecule has 0 spiro atoms. The summed E-state index contributed by atoms with van der Waals surface area (Å²) in [6.45, 7) is 3.40. The Kier molecular flexibility index (Phi) is 3.47. The van der Waals surface area contributed by atoms with E-state index in [0.29, 0.717) is 12.8 Å². The molecule has 0 bridgehead atoms. The van der Waals surface area contributed by atoms with Crippen LogP contribution in [-0.2, 0) is 9.59 Å². The molecule has 0 aliphatic heterocycles. The predicted octanol–water partition coefficient (Wildman–Crippen LogP) is -0.0330. The van der Waals surface area contributed by atoms with Gasteiger partial charge in [-0.3, -0.25) is 9.59 Å². The van der Waals surface area contributed by atoms with Crippen molar-refractivity contribution in [3.63, 3.8) is 0 Å². The Balaban J connectivity index is 2.65. The van der Waals surface area contributed by atoms with Gasteiger partial charge in [0.2, 0.25) is 5.91 Å². The fraction of sp³-hybridized carbons (Fsp3) is 0.600. The minimum Gasteiger partial charge on any atom is -0.480 e. The van der Waals surface area contributed by atoms with Crippen LogP contribution in [0.4, 0.5) is 0 Å². The Morgan fingerprint density at radius 3 is 2.47 bits per heavy atom. The third-order valence-electron chi connectivity index (χ3n) is 2.63. The number of amides is 1. The number of hydrogen-bond donors (Lipinski definition) is 2. The molecule has 1 amide bonds. The number of carboxylic acid groups (broad SMARTS) is 1. The summed E-state index contributed by atoms with van der Waals surface area (Å²) >= 11 is 0. The largest absolute Gasteiger partial charge is 0.480 e. The monoisotopic (exact) mass is 212 g/mol. The molecule has 0 unspecified atom stereocenters. The summed E-state index contributed by atoms with van der Waals surface area (Å²) in [6, 6.07) is 0. The molecule has 0 aromatic carbocycles. The van der Waals surface area contributed by atoms with E-state index in [0.717, 1.165) is 6.42 Å². The number of carbonyl (C=O) groups is 2. The lowest BCUT2D eigenvalue weighted by Gasteiger charge is -2.39. The molecule has 0 saturated heterocycles. The molecular weight excluding hydrogens is 196 g/mol. The standard InChI is InChI=1S/C10H16N2O3/c1-2-6-12(7-8(13)14)9(15)10(11)4-3-5-10/h2H,1,3-7,11H2,(H,13,14). The topological polar surface area (TPSA) is 83.6 Å². The zero-order valence-corrected chi connectivity index (χ0v) is 8.61. The first-order chi connectivity index (χ1) is 6.99. The second kappa shape index (κ2) is 4.44. The molecule has 1 rings (SSSR count). The third kappa shape index (κ3) is 2.56. The zero-order chi connectivity index (χ0) is 11.5. The summed E-state index contributed by atoms with van der Waals surface area (Å²) in [7, 11) is 0. The highest BCUT2D eigenvalue weighted by Crippen LogP contribution is 2.30. The molecule has 0 aromatic rings. The molecule has 5 heteroatoms. The van der Waals surface area contributed by atoms with E-state index < -0.39 is 11.5 Å². The quantitative estimate of drug-likeness (QED) is 0.627. The number of hydrogen-bond acceptors (Lipinski definition) is 3. The van der Waals surface area contributed by atoms with Crippen molar-refractivity contribution >= 4 is 11.9 Å². The van der Waals surface area contributed by atoms with Crippen LogP contribution in [0.25, 0.3) is 0 Å². The third-order valence-corrected chi connectivity index (χ3v) is 2.63. The Labute approximate surface area is 88.5 Å². The van der Waals surface area contributed by atoms with Gasteiger partial charge in [0.1, 0.15) is 6.54 Å². The maximum absolute atomic E-state index is 11.9. The number of nitrogens with zero attached hydrogens (tertiary/aromatic N) is 1. The molecule has 15 heavy (non-hydrogen) atoms. The van der Waals surface area contributed by atoms with Gasteiger partial charge < -0.3 is 15.7 Å². The van der Waals surface area contributed by atoms with Crippen molar-refractivity contribution in [2.75, 3.05) is 13.1 Å². The summed E-state index contributed by atoms with van der Waals surface area (Å²) in [6.07, 6.45) is 3.71. The van der Waals surface area contributed by atoms with E-state index in [4.69, 9.17) is 10.8 Å². The van der Waals surface area contributed by atoms with Gasteiger partial charge in [-0.15, -0.1) is 6.58 Å². The SMILES string of the molecule is C=CCN(CC(=O)O)C(=O)C1(N)CCC1. The minimum absolute atomic E-state index is 0.226. The van der Waals surface area contributed by atoms with Crippen LogP contribution in [-0.4, -0.2) is 40.5 Å². The van der Waals surface area contributed by atoms with Crippen LogP contribution in [0.15, 0.2) is 12.7 Å². The van der Waals surface area contributed by atoms with Crippen LogP contribution in [0.2, 0.25) is 0 Å². The molecule has 5 nitrogen and oxygen atoms in total. The molecule has 3 N–H and O–H groups in total. The van der Waals surface area contributed by atoms with Gasteiger partial charge in [0.15, 0.2) is 0 Å². The van der Waals surface area contributed by atoms with Crippen molar-refractivity contribution in [3.8, 4) is 0 Å². The number of nitrogens with two attached hydrogens (primary N) is 1. The van der Waals surface area contributed by atoms with Crippen molar-refractivity contribution in [3.05, 3.63) is 12.7 Å². The molecule has 1 aliphatic rings. The van der Waals surface area contributed by atoms with Crippen LogP contribution in [0.3, 0.4) is 0 Å². The molecule has 0 heterocycles. The Bertz CT molecular complexity index is 284. The van der Waals surface area contributed by atoms with Gasteiger partial charge in [-0.1, -0.05) is 6.08 Å². The van der Waals surface area contributed by atoms with Gasteiger partial charge in [0, 0.05) is 6.54 Å². The van der Waals surface area contributed by atoms with Gasteiger partial charge in [0.05, 0.1) is 5.54 Å². The summed E-state index contributed by atoms with van der Waals surface area (Å²) < 4.78 is 0. The highest BCUT2D eigenvalue weighted by atomic mass is 16.4. The van der Waals surface area contributed by atoms with Crippen LogP contribution < -0.4 is 5.73 Å². The van der Waals surface area contributed by atoms with Gasteiger partial charge in [-0.05, 0) is 19.3 Å². The second-order valence-electron chi connectivity index (χ2n) is 3.88. The lowest BCUT2D eigenvalue weighted by atomic mass is 9.76. The molecule has 0 aromatic heterocycles. The summed E-state index contributed by atoms with van der Waals surface area (Å²) in [5.41, 5.74) is 5.00. The maximum Gasteiger partial charge on any atom is 0.323 e. The van der Waals surface area contributed by atoms with E-state index >= 15 is 0 Å². The molecule has 1 saturated carbocycles. The Hall–Kier alpha value is -1.36. The van der Waals surface area contributed by atoms with Gasteiger partial charge in [-0.2, -0.15) is 0 Å². The summed E-state index contributed by atoms with van der Waals surface area (Å²) in [4.78, 5) is 23.6. The number of rotatable bonds is 5. The molecule has 1 aliphatic carbocycles. The Morgan fingerprint density at radius 2 is 2.13 bits per heavy atom. The number of aliphatic carboxylic acids is 1. The number of carbonyl (C=O) groups excluding carboxylic acids is 1. The first-order valence-electron chi connectivity index (χ1n) is 4.90. The average molecular weight is 212 g/mol. The fourth-order valence-electron chi connectivity index (χ4n) is 1.62. The van der Waals surface area contributed by atoms with Crippen LogP contribution in [0.1, 0.15) is 19.3 Å². The highest BCUT2D eigenvalue weighted by molar-refractivity contribution is 5.89. The smallest absolute Gasteiger partial charge is 0.323 e. The van der Waals surface area contributed by atoms with Crippen molar-refractivity contribution in [2.24, 2.45) is 5.73 Å². The van der Waals surface area contributed by atoms with Crippen molar-refractivity contribution in [1.29, 1.82) is 0 Å². The molecule has 1 fully saturated rings.